The number of aromatic amines is 1. The van der Waals surface area contributed by atoms with E-state index in [0.29, 0.717) is 35.0 Å². The van der Waals surface area contributed by atoms with Crippen molar-refractivity contribution in [3.63, 3.8) is 0 Å². The summed E-state index contributed by atoms with van der Waals surface area (Å²) in [6.45, 7) is 0. The Bertz CT molecular complexity index is 696. The molecule has 0 aromatic carbocycles. The molecular formula is C16H21ClN6O. The maximum atomic E-state index is 9.06. The maximum Gasteiger partial charge on any atom is 0.223 e. The summed E-state index contributed by atoms with van der Waals surface area (Å²) in [5.41, 5.74) is 2.69. The van der Waals surface area contributed by atoms with Crippen molar-refractivity contribution in [2.45, 2.75) is 44.1 Å². The minimum atomic E-state index is 0.505. The summed E-state index contributed by atoms with van der Waals surface area (Å²) in [5, 5.41) is 13.6. The second kappa shape index (κ2) is 7.61. The lowest BCUT2D eigenvalue weighted by molar-refractivity contribution is -0.109. The van der Waals surface area contributed by atoms with Gasteiger partial charge in [-0.1, -0.05) is 11.6 Å². The smallest absolute Gasteiger partial charge is 0.223 e. The molecule has 24 heavy (non-hydrogen) atoms. The average Bonchev–Trinajstić information content (AvgIpc) is 3.30. The first kappa shape index (κ1) is 16.7. The van der Waals surface area contributed by atoms with Gasteiger partial charge in [0.05, 0.1) is 11.2 Å². The molecule has 4 rings (SSSR count). The van der Waals surface area contributed by atoms with Crippen LogP contribution in [-0.4, -0.2) is 39.7 Å². The van der Waals surface area contributed by atoms with E-state index in [9.17, 15) is 0 Å². The molecule has 0 radical (unpaired) electrons. The van der Waals surface area contributed by atoms with Gasteiger partial charge in [0.25, 0.3) is 0 Å². The van der Waals surface area contributed by atoms with E-state index in [4.69, 9.17) is 16.4 Å². The standard InChI is InChI=1S/C14H16ClN5.C2H5NO/c15-10-7-16-14(17-9-2-1-3-9)18-13(10)12-6-11(19-20-12)8-4-5-8;1-3-2-4/h6-9H,1-5H2,(H,19,20)(H,16,17,18);2H,1H3,(H,3,4). The lowest BCUT2D eigenvalue weighted by atomic mass is 9.93. The van der Waals surface area contributed by atoms with E-state index in [1.165, 1.54) is 37.8 Å². The van der Waals surface area contributed by atoms with Crippen LogP contribution in [0.4, 0.5) is 5.95 Å². The van der Waals surface area contributed by atoms with Gasteiger partial charge in [-0.15, -0.1) is 0 Å². The third-order valence-electron chi connectivity index (χ3n) is 4.16. The Hall–Kier alpha value is -2.15. The zero-order valence-electron chi connectivity index (χ0n) is 13.6. The van der Waals surface area contributed by atoms with E-state index < -0.39 is 0 Å². The molecule has 3 N–H and O–H groups in total. The van der Waals surface area contributed by atoms with Crippen molar-refractivity contribution in [2.24, 2.45) is 0 Å². The third kappa shape index (κ3) is 4.03. The summed E-state index contributed by atoms with van der Waals surface area (Å²) in [7, 11) is 1.56. The van der Waals surface area contributed by atoms with Crippen molar-refractivity contribution >= 4 is 24.0 Å². The molecule has 0 aliphatic heterocycles. The minimum absolute atomic E-state index is 0.505. The monoisotopic (exact) mass is 348 g/mol. The van der Waals surface area contributed by atoms with E-state index in [1.807, 2.05) is 0 Å². The molecule has 2 aliphatic rings. The van der Waals surface area contributed by atoms with Crippen LogP contribution in [-0.2, 0) is 4.79 Å². The van der Waals surface area contributed by atoms with E-state index in [2.05, 4.69) is 36.9 Å². The summed E-state index contributed by atoms with van der Waals surface area (Å²) in [6.07, 6.45) is 8.42. The fourth-order valence-corrected chi connectivity index (χ4v) is 2.60. The van der Waals surface area contributed by atoms with Crippen LogP contribution in [0.25, 0.3) is 11.4 Å². The Morgan fingerprint density at radius 1 is 1.33 bits per heavy atom. The van der Waals surface area contributed by atoms with Crippen molar-refractivity contribution in [2.75, 3.05) is 12.4 Å². The highest BCUT2D eigenvalue weighted by atomic mass is 35.5. The number of carbonyl (C=O) groups excluding carboxylic acids is 1. The fraction of sp³-hybridized carbons (Fsp3) is 0.500. The molecule has 0 saturated heterocycles. The van der Waals surface area contributed by atoms with E-state index in [0.717, 1.165) is 5.69 Å². The normalized spacial score (nSPS) is 16.6. The van der Waals surface area contributed by atoms with Gasteiger partial charge in [-0.05, 0) is 38.2 Å². The molecule has 2 fully saturated rings. The maximum absolute atomic E-state index is 9.06. The van der Waals surface area contributed by atoms with Crippen LogP contribution in [0.1, 0.15) is 43.7 Å². The van der Waals surface area contributed by atoms with Crippen molar-refractivity contribution < 1.29 is 4.79 Å². The molecule has 0 spiro atoms. The van der Waals surface area contributed by atoms with Gasteiger partial charge >= 0.3 is 0 Å². The lowest BCUT2D eigenvalue weighted by Gasteiger charge is -2.26. The number of H-pyrrole nitrogens is 1. The minimum Gasteiger partial charge on any atom is -0.362 e. The molecule has 2 heterocycles. The number of halogens is 1. The van der Waals surface area contributed by atoms with Crippen LogP contribution in [0.2, 0.25) is 5.02 Å². The van der Waals surface area contributed by atoms with Crippen molar-refractivity contribution in [1.82, 2.24) is 25.5 Å². The first-order chi connectivity index (χ1) is 11.7. The van der Waals surface area contributed by atoms with Crippen LogP contribution in [0.15, 0.2) is 12.3 Å². The van der Waals surface area contributed by atoms with Gasteiger partial charge in [-0.2, -0.15) is 5.10 Å². The highest BCUT2D eigenvalue weighted by Gasteiger charge is 2.26. The van der Waals surface area contributed by atoms with Crippen molar-refractivity contribution in [3.05, 3.63) is 23.0 Å². The third-order valence-corrected chi connectivity index (χ3v) is 4.43. The number of nitrogens with zero attached hydrogens (tertiary/aromatic N) is 3. The predicted octanol–water partition coefficient (Wildman–Crippen LogP) is 2.72. The van der Waals surface area contributed by atoms with Gasteiger partial charge < -0.3 is 10.6 Å². The number of rotatable bonds is 5. The van der Waals surface area contributed by atoms with E-state index in [-0.39, 0.29) is 0 Å². The highest BCUT2D eigenvalue weighted by molar-refractivity contribution is 6.32. The van der Waals surface area contributed by atoms with Crippen LogP contribution in [0.5, 0.6) is 0 Å². The van der Waals surface area contributed by atoms with Crippen LogP contribution >= 0.6 is 11.6 Å². The number of hydrogen-bond donors (Lipinski definition) is 3. The molecule has 0 unspecified atom stereocenters. The molecule has 2 aromatic rings. The Kier molecular flexibility index (Phi) is 5.30. The molecule has 1 amide bonds. The highest BCUT2D eigenvalue weighted by Crippen LogP contribution is 2.40. The zero-order chi connectivity index (χ0) is 16.9. The summed E-state index contributed by atoms with van der Waals surface area (Å²) in [6, 6.07) is 2.56. The Balaban J connectivity index is 0.000000383. The predicted molar refractivity (Wildman–Crippen MR) is 93.0 cm³/mol. The number of carbonyl (C=O) groups is 1. The van der Waals surface area contributed by atoms with Crippen LogP contribution in [0.3, 0.4) is 0 Å². The molecule has 2 saturated carbocycles. The van der Waals surface area contributed by atoms with E-state index in [1.54, 1.807) is 13.2 Å². The first-order valence-electron chi connectivity index (χ1n) is 8.17. The molecule has 8 heteroatoms. The van der Waals surface area contributed by atoms with Crippen molar-refractivity contribution in [1.29, 1.82) is 0 Å². The molecule has 128 valence electrons. The van der Waals surface area contributed by atoms with Gasteiger partial charge in [-0.3, -0.25) is 9.89 Å². The van der Waals surface area contributed by atoms with Gasteiger partial charge in [0.2, 0.25) is 12.4 Å². The Morgan fingerprint density at radius 2 is 2.08 bits per heavy atom. The quantitative estimate of drug-likeness (QED) is 0.722. The van der Waals surface area contributed by atoms with Gasteiger partial charge in [0, 0.05) is 24.7 Å². The summed E-state index contributed by atoms with van der Waals surface area (Å²) in [4.78, 5) is 17.8. The lowest BCUT2D eigenvalue weighted by Crippen LogP contribution is -2.28. The summed E-state index contributed by atoms with van der Waals surface area (Å²) >= 11 is 6.21. The fourth-order valence-electron chi connectivity index (χ4n) is 2.41. The Labute approximate surface area is 145 Å². The number of anilines is 1. The number of hydrogen-bond acceptors (Lipinski definition) is 5. The van der Waals surface area contributed by atoms with Gasteiger partial charge in [0.1, 0.15) is 11.4 Å². The SMILES string of the molecule is CNC=O.Clc1cnc(NC2CCC2)nc1-c1cc(C2CC2)[nH]n1. The molecular weight excluding hydrogens is 328 g/mol. The second-order valence-electron chi connectivity index (χ2n) is 6.05. The first-order valence-corrected chi connectivity index (χ1v) is 8.54. The van der Waals surface area contributed by atoms with Crippen LogP contribution in [0, 0.1) is 0 Å². The van der Waals surface area contributed by atoms with Crippen molar-refractivity contribution in [3.8, 4) is 11.4 Å². The van der Waals surface area contributed by atoms with Gasteiger partial charge in [0.15, 0.2) is 0 Å². The number of nitrogens with one attached hydrogen (secondary N) is 3. The molecule has 2 aliphatic carbocycles. The molecule has 0 bridgehead atoms. The van der Waals surface area contributed by atoms with Gasteiger partial charge in [-0.25, -0.2) is 9.97 Å². The number of aromatic nitrogens is 4. The largest absolute Gasteiger partial charge is 0.362 e. The second-order valence-corrected chi connectivity index (χ2v) is 6.46. The average molecular weight is 349 g/mol. The topological polar surface area (TPSA) is 95.6 Å². The summed E-state index contributed by atoms with van der Waals surface area (Å²) in [5.74, 6) is 1.29. The summed E-state index contributed by atoms with van der Waals surface area (Å²) < 4.78 is 0. The Morgan fingerprint density at radius 3 is 2.67 bits per heavy atom. The van der Waals surface area contributed by atoms with E-state index >= 15 is 0 Å². The zero-order valence-corrected chi connectivity index (χ0v) is 14.3. The number of amides is 1. The molecule has 7 nitrogen and oxygen atoms in total. The van der Waals surface area contributed by atoms with Crippen LogP contribution < -0.4 is 10.6 Å². The molecule has 2 aromatic heterocycles. The molecule has 0 atom stereocenters.